The Morgan fingerprint density at radius 2 is 1.95 bits per heavy atom. The van der Waals surface area contributed by atoms with Crippen molar-refractivity contribution in [1.29, 1.82) is 5.26 Å². The molecule has 0 saturated carbocycles. The molecule has 1 fully saturated rings. The van der Waals surface area contributed by atoms with E-state index < -0.39 is 10.0 Å². The molecule has 1 aliphatic heterocycles. The number of benzene rings is 1. The second kappa shape index (κ2) is 5.29. The first-order valence-electron chi connectivity index (χ1n) is 6.09. The van der Waals surface area contributed by atoms with Crippen LogP contribution in [0.15, 0.2) is 29.2 Å². The summed E-state index contributed by atoms with van der Waals surface area (Å²) in [5.74, 6) is 0. The van der Waals surface area contributed by atoms with E-state index in [9.17, 15) is 8.42 Å². The summed E-state index contributed by atoms with van der Waals surface area (Å²) < 4.78 is 32.0. The van der Waals surface area contributed by atoms with Crippen molar-refractivity contribution in [3.8, 4) is 6.07 Å². The Morgan fingerprint density at radius 1 is 1.32 bits per heavy atom. The summed E-state index contributed by atoms with van der Waals surface area (Å²) in [7, 11) is -3.56. The molecule has 0 N–H and O–H groups in total. The maximum Gasteiger partial charge on any atom is 0.243 e. The third-order valence-electron chi connectivity index (χ3n) is 2.99. The number of morpholine rings is 1. The van der Waals surface area contributed by atoms with Crippen molar-refractivity contribution in [2.75, 3.05) is 13.1 Å². The summed E-state index contributed by atoms with van der Waals surface area (Å²) in [4.78, 5) is 0.160. The number of rotatable bonds is 2. The highest BCUT2D eigenvalue weighted by Crippen LogP contribution is 2.21. The molecule has 1 saturated heterocycles. The third kappa shape index (κ3) is 2.95. The van der Waals surface area contributed by atoms with E-state index in [1.54, 1.807) is 12.1 Å². The maximum atomic E-state index is 12.5. The van der Waals surface area contributed by atoms with E-state index in [0.717, 1.165) is 0 Å². The number of nitrogens with zero attached hydrogens (tertiary/aromatic N) is 2. The Kier molecular flexibility index (Phi) is 3.90. The summed E-state index contributed by atoms with van der Waals surface area (Å²) in [6, 6.07) is 8.04. The highest BCUT2D eigenvalue weighted by atomic mass is 32.2. The van der Waals surface area contributed by atoms with Crippen LogP contribution in [0.4, 0.5) is 0 Å². The van der Waals surface area contributed by atoms with Gasteiger partial charge in [0.25, 0.3) is 0 Å². The van der Waals surface area contributed by atoms with Gasteiger partial charge in [-0.15, -0.1) is 0 Å². The average molecular weight is 280 g/mol. The highest BCUT2D eigenvalue weighted by Gasteiger charge is 2.32. The van der Waals surface area contributed by atoms with Crippen LogP contribution in [0.25, 0.3) is 0 Å². The molecule has 1 aliphatic rings. The molecule has 0 radical (unpaired) electrons. The van der Waals surface area contributed by atoms with Gasteiger partial charge in [0.05, 0.1) is 28.7 Å². The zero-order chi connectivity index (χ0) is 14.0. The second-order valence-corrected chi connectivity index (χ2v) is 6.66. The molecule has 6 heteroatoms. The van der Waals surface area contributed by atoms with Gasteiger partial charge in [0.2, 0.25) is 10.0 Å². The molecule has 0 spiro atoms. The molecular formula is C13H16N2O3S. The van der Waals surface area contributed by atoms with Gasteiger partial charge in [0.15, 0.2) is 0 Å². The molecule has 1 aromatic rings. The molecule has 2 rings (SSSR count). The number of sulfonamides is 1. The summed E-state index contributed by atoms with van der Waals surface area (Å²) >= 11 is 0. The van der Waals surface area contributed by atoms with Crippen LogP contribution >= 0.6 is 0 Å². The molecular weight excluding hydrogens is 264 g/mol. The minimum Gasteiger partial charge on any atom is -0.373 e. The number of hydrogen-bond donors (Lipinski definition) is 0. The molecule has 0 unspecified atom stereocenters. The van der Waals surface area contributed by atoms with Crippen molar-refractivity contribution < 1.29 is 13.2 Å². The fraction of sp³-hybridized carbons (Fsp3) is 0.462. The third-order valence-corrected chi connectivity index (χ3v) is 4.81. The number of nitriles is 1. The predicted molar refractivity (Wildman–Crippen MR) is 69.9 cm³/mol. The van der Waals surface area contributed by atoms with Gasteiger partial charge in [0, 0.05) is 13.1 Å². The van der Waals surface area contributed by atoms with Crippen molar-refractivity contribution in [2.45, 2.75) is 31.0 Å². The van der Waals surface area contributed by atoms with Crippen LogP contribution in [0.1, 0.15) is 19.4 Å². The van der Waals surface area contributed by atoms with Gasteiger partial charge in [0.1, 0.15) is 0 Å². The fourth-order valence-electron chi connectivity index (χ4n) is 2.20. The van der Waals surface area contributed by atoms with Crippen molar-refractivity contribution in [3.63, 3.8) is 0 Å². The van der Waals surface area contributed by atoms with Gasteiger partial charge in [-0.1, -0.05) is 6.07 Å². The average Bonchev–Trinajstić information content (AvgIpc) is 2.37. The molecule has 5 nitrogen and oxygen atoms in total. The molecule has 2 atom stereocenters. The predicted octanol–water partition coefficient (Wildman–Crippen LogP) is 1.36. The number of ether oxygens (including phenoxy) is 1. The lowest BCUT2D eigenvalue weighted by atomic mass is 10.2. The second-order valence-electron chi connectivity index (χ2n) is 4.72. The summed E-state index contributed by atoms with van der Waals surface area (Å²) in [6.45, 7) is 4.38. The van der Waals surface area contributed by atoms with Crippen molar-refractivity contribution >= 4 is 10.0 Å². The summed E-state index contributed by atoms with van der Waals surface area (Å²) in [5.41, 5.74) is 0.343. The molecule has 102 valence electrons. The Bertz CT molecular complexity index is 597. The molecule has 1 heterocycles. The highest BCUT2D eigenvalue weighted by molar-refractivity contribution is 7.89. The van der Waals surface area contributed by atoms with E-state index in [0.29, 0.717) is 18.7 Å². The Labute approximate surface area is 113 Å². The monoisotopic (exact) mass is 280 g/mol. The van der Waals surface area contributed by atoms with Crippen LogP contribution in [0, 0.1) is 11.3 Å². The molecule has 0 amide bonds. The van der Waals surface area contributed by atoms with E-state index in [1.807, 2.05) is 19.9 Å². The minimum atomic E-state index is -3.56. The van der Waals surface area contributed by atoms with E-state index in [1.165, 1.54) is 16.4 Å². The Balaban J connectivity index is 2.34. The van der Waals surface area contributed by atoms with Gasteiger partial charge in [-0.2, -0.15) is 9.57 Å². The van der Waals surface area contributed by atoms with Gasteiger partial charge in [-0.3, -0.25) is 0 Å². The van der Waals surface area contributed by atoms with Gasteiger partial charge < -0.3 is 4.74 Å². The zero-order valence-corrected chi connectivity index (χ0v) is 11.7. The van der Waals surface area contributed by atoms with Crippen molar-refractivity contribution in [3.05, 3.63) is 29.8 Å². The van der Waals surface area contributed by atoms with Crippen LogP contribution in [0.2, 0.25) is 0 Å². The Hall–Kier alpha value is -1.42. The lowest BCUT2D eigenvalue weighted by Gasteiger charge is -2.34. The van der Waals surface area contributed by atoms with Crippen LogP contribution in [-0.4, -0.2) is 38.0 Å². The normalized spacial score (nSPS) is 24.9. The lowest BCUT2D eigenvalue weighted by molar-refractivity contribution is -0.0440. The summed E-state index contributed by atoms with van der Waals surface area (Å²) in [6.07, 6.45) is -0.254. The van der Waals surface area contributed by atoms with E-state index in [4.69, 9.17) is 10.00 Å². The first kappa shape index (κ1) is 14.0. The molecule has 0 bridgehead atoms. The zero-order valence-electron chi connectivity index (χ0n) is 10.9. The number of hydrogen-bond acceptors (Lipinski definition) is 4. The molecule has 19 heavy (non-hydrogen) atoms. The largest absolute Gasteiger partial charge is 0.373 e. The van der Waals surface area contributed by atoms with E-state index in [2.05, 4.69) is 0 Å². The van der Waals surface area contributed by atoms with Crippen molar-refractivity contribution in [2.24, 2.45) is 0 Å². The van der Waals surface area contributed by atoms with E-state index in [-0.39, 0.29) is 17.1 Å². The summed E-state index contributed by atoms with van der Waals surface area (Å²) in [5, 5.41) is 8.84. The lowest BCUT2D eigenvalue weighted by Crippen LogP contribution is -2.48. The molecule has 1 aromatic carbocycles. The first-order valence-corrected chi connectivity index (χ1v) is 7.53. The molecule has 0 aliphatic carbocycles. The Morgan fingerprint density at radius 3 is 2.53 bits per heavy atom. The van der Waals surface area contributed by atoms with Gasteiger partial charge in [-0.05, 0) is 32.0 Å². The van der Waals surface area contributed by atoms with Crippen LogP contribution in [0.3, 0.4) is 0 Å². The quantitative estimate of drug-likeness (QED) is 0.820. The fourth-order valence-corrected chi connectivity index (χ4v) is 3.84. The SMILES string of the molecule is C[C@@H]1CN(S(=O)(=O)c2cccc(C#N)c2)C[C@@H](C)O1. The van der Waals surface area contributed by atoms with Gasteiger partial charge >= 0.3 is 0 Å². The maximum absolute atomic E-state index is 12.5. The topological polar surface area (TPSA) is 70.4 Å². The van der Waals surface area contributed by atoms with Crippen LogP contribution in [0.5, 0.6) is 0 Å². The minimum absolute atomic E-state index is 0.127. The van der Waals surface area contributed by atoms with Crippen LogP contribution in [-0.2, 0) is 14.8 Å². The first-order chi connectivity index (χ1) is 8.93. The van der Waals surface area contributed by atoms with Gasteiger partial charge in [-0.25, -0.2) is 8.42 Å². The molecule has 0 aromatic heterocycles. The van der Waals surface area contributed by atoms with Crippen LogP contribution < -0.4 is 0 Å². The smallest absolute Gasteiger partial charge is 0.243 e. The van der Waals surface area contributed by atoms with E-state index >= 15 is 0 Å². The van der Waals surface area contributed by atoms with Crippen molar-refractivity contribution in [1.82, 2.24) is 4.31 Å². The standard InChI is InChI=1S/C13H16N2O3S/c1-10-8-15(9-11(2)18-10)19(16,17)13-5-3-4-12(6-13)7-14/h3-6,10-11H,8-9H2,1-2H3/t10-,11-/m1/s1.